The Kier molecular flexibility index (Phi) is 2.82. The molecule has 1 aromatic carbocycles. The fraction of sp³-hybridized carbons (Fsp3) is 0.357. The standard InChI is InChI=1S/C14H18N2/c1-10(2)14-9-12(4)15-16(14)13-7-5-6-11(3)8-13/h5-10H,1-4H3. The van der Waals surface area contributed by atoms with E-state index in [1.54, 1.807) is 0 Å². The molecule has 0 unspecified atom stereocenters. The monoisotopic (exact) mass is 214 g/mol. The molecule has 16 heavy (non-hydrogen) atoms. The van der Waals surface area contributed by atoms with Crippen molar-refractivity contribution in [3.8, 4) is 5.69 Å². The van der Waals surface area contributed by atoms with Gasteiger partial charge in [0.25, 0.3) is 0 Å². The first kappa shape index (κ1) is 10.9. The highest BCUT2D eigenvalue weighted by atomic mass is 15.3. The highest BCUT2D eigenvalue weighted by Crippen LogP contribution is 2.20. The molecule has 2 rings (SSSR count). The molecule has 0 N–H and O–H groups in total. The Morgan fingerprint density at radius 3 is 2.50 bits per heavy atom. The zero-order chi connectivity index (χ0) is 11.7. The minimum absolute atomic E-state index is 0.488. The Labute approximate surface area is 96.9 Å². The summed E-state index contributed by atoms with van der Waals surface area (Å²) in [4.78, 5) is 0. The molecule has 0 saturated heterocycles. The van der Waals surface area contributed by atoms with Gasteiger partial charge in [-0.3, -0.25) is 0 Å². The maximum Gasteiger partial charge on any atom is 0.0651 e. The van der Waals surface area contributed by atoms with E-state index in [1.807, 2.05) is 11.6 Å². The second kappa shape index (κ2) is 4.12. The van der Waals surface area contributed by atoms with Gasteiger partial charge in [-0.05, 0) is 43.5 Å². The fourth-order valence-corrected chi connectivity index (χ4v) is 1.90. The Morgan fingerprint density at radius 2 is 1.88 bits per heavy atom. The van der Waals surface area contributed by atoms with Crippen molar-refractivity contribution < 1.29 is 0 Å². The Morgan fingerprint density at radius 1 is 1.12 bits per heavy atom. The van der Waals surface area contributed by atoms with Crippen molar-refractivity contribution in [3.05, 3.63) is 47.3 Å². The van der Waals surface area contributed by atoms with Gasteiger partial charge in [-0.1, -0.05) is 26.0 Å². The van der Waals surface area contributed by atoms with Crippen molar-refractivity contribution in [1.29, 1.82) is 0 Å². The predicted molar refractivity (Wildman–Crippen MR) is 67.1 cm³/mol. The minimum atomic E-state index is 0.488. The Bertz CT molecular complexity index is 495. The summed E-state index contributed by atoms with van der Waals surface area (Å²) in [6.45, 7) is 8.54. The average Bonchev–Trinajstić information content (AvgIpc) is 2.60. The Balaban J connectivity index is 2.55. The summed E-state index contributed by atoms with van der Waals surface area (Å²) in [6.07, 6.45) is 0. The van der Waals surface area contributed by atoms with Crippen LogP contribution in [0.4, 0.5) is 0 Å². The van der Waals surface area contributed by atoms with Crippen molar-refractivity contribution in [1.82, 2.24) is 9.78 Å². The van der Waals surface area contributed by atoms with Crippen LogP contribution in [0.5, 0.6) is 0 Å². The second-order valence-corrected chi connectivity index (χ2v) is 4.62. The van der Waals surface area contributed by atoms with E-state index in [0.29, 0.717) is 5.92 Å². The Hall–Kier alpha value is -1.57. The van der Waals surface area contributed by atoms with Crippen LogP contribution in [-0.4, -0.2) is 9.78 Å². The zero-order valence-corrected chi connectivity index (χ0v) is 10.4. The first-order valence-electron chi connectivity index (χ1n) is 5.71. The molecule has 0 aliphatic rings. The number of hydrogen-bond donors (Lipinski definition) is 0. The van der Waals surface area contributed by atoms with Crippen molar-refractivity contribution in [2.75, 3.05) is 0 Å². The highest BCUT2D eigenvalue weighted by Gasteiger charge is 2.10. The van der Waals surface area contributed by atoms with Crippen LogP contribution >= 0.6 is 0 Å². The molecule has 84 valence electrons. The summed E-state index contributed by atoms with van der Waals surface area (Å²) < 4.78 is 2.05. The first-order chi connectivity index (χ1) is 7.58. The van der Waals surface area contributed by atoms with E-state index < -0.39 is 0 Å². The normalized spacial score (nSPS) is 11.1. The summed E-state index contributed by atoms with van der Waals surface area (Å²) in [7, 11) is 0. The van der Waals surface area contributed by atoms with E-state index in [9.17, 15) is 0 Å². The number of aryl methyl sites for hydroxylation is 2. The zero-order valence-electron chi connectivity index (χ0n) is 10.4. The summed E-state index contributed by atoms with van der Waals surface area (Å²) in [5.41, 5.74) is 4.76. The molecule has 2 nitrogen and oxygen atoms in total. The third-order valence-corrected chi connectivity index (χ3v) is 2.70. The van der Waals surface area contributed by atoms with E-state index in [2.05, 4.69) is 56.2 Å². The number of rotatable bonds is 2. The molecule has 0 saturated carbocycles. The molecular weight excluding hydrogens is 196 g/mol. The van der Waals surface area contributed by atoms with Gasteiger partial charge in [0.2, 0.25) is 0 Å². The molecule has 0 bridgehead atoms. The highest BCUT2D eigenvalue weighted by molar-refractivity contribution is 5.37. The van der Waals surface area contributed by atoms with Gasteiger partial charge in [0.05, 0.1) is 11.4 Å². The van der Waals surface area contributed by atoms with Crippen molar-refractivity contribution in [2.45, 2.75) is 33.6 Å². The van der Waals surface area contributed by atoms with Crippen LogP contribution in [0.15, 0.2) is 30.3 Å². The average molecular weight is 214 g/mol. The van der Waals surface area contributed by atoms with Crippen LogP contribution in [0.1, 0.15) is 36.7 Å². The summed E-state index contributed by atoms with van der Waals surface area (Å²) in [6, 6.07) is 10.6. The molecule has 0 atom stereocenters. The number of nitrogens with zero attached hydrogens (tertiary/aromatic N) is 2. The van der Waals surface area contributed by atoms with Gasteiger partial charge in [0, 0.05) is 5.69 Å². The summed E-state index contributed by atoms with van der Waals surface area (Å²) in [5, 5.41) is 4.56. The van der Waals surface area contributed by atoms with Crippen LogP contribution < -0.4 is 0 Å². The maximum atomic E-state index is 4.56. The van der Waals surface area contributed by atoms with E-state index in [0.717, 1.165) is 11.4 Å². The second-order valence-electron chi connectivity index (χ2n) is 4.62. The topological polar surface area (TPSA) is 17.8 Å². The van der Waals surface area contributed by atoms with Gasteiger partial charge in [-0.2, -0.15) is 5.10 Å². The van der Waals surface area contributed by atoms with E-state index in [1.165, 1.54) is 11.3 Å². The van der Waals surface area contributed by atoms with Crippen LogP contribution in [0.3, 0.4) is 0 Å². The van der Waals surface area contributed by atoms with Gasteiger partial charge in [0.1, 0.15) is 0 Å². The minimum Gasteiger partial charge on any atom is -0.237 e. The molecule has 0 aliphatic heterocycles. The van der Waals surface area contributed by atoms with Crippen LogP contribution in [-0.2, 0) is 0 Å². The lowest BCUT2D eigenvalue weighted by molar-refractivity contribution is 0.731. The quantitative estimate of drug-likeness (QED) is 0.746. The smallest absolute Gasteiger partial charge is 0.0651 e. The summed E-state index contributed by atoms with van der Waals surface area (Å²) in [5.74, 6) is 0.488. The van der Waals surface area contributed by atoms with Crippen LogP contribution in [0, 0.1) is 13.8 Å². The number of aromatic nitrogens is 2. The molecule has 0 amide bonds. The number of hydrogen-bond acceptors (Lipinski definition) is 1. The third kappa shape index (κ3) is 2.01. The molecule has 0 spiro atoms. The number of benzene rings is 1. The lowest BCUT2D eigenvalue weighted by Gasteiger charge is -2.10. The predicted octanol–water partition coefficient (Wildman–Crippen LogP) is 3.61. The molecule has 1 heterocycles. The molecule has 1 aromatic heterocycles. The first-order valence-corrected chi connectivity index (χ1v) is 5.71. The molecule has 0 fully saturated rings. The van der Waals surface area contributed by atoms with Crippen LogP contribution in [0.2, 0.25) is 0 Å². The SMILES string of the molecule is Cc1cccc(-n2nc(C)cc2C(C)C)c1. The largest absolute Gasteiger partial charge is 0.237 e. The van der Waals surface area contributed by atoms with E-state index in [-0.39, 0.29) is 0 Å². The molecule has 2 heteroatoms. The van der Waals surface area contributed by atoms with Crippen molar-refractivity contribution in [3.63, 3.8) is 0 Å². The van der Waals surface area contributed by atoms with Crippen molar-refractivity contribution >= 4 is 0 Å². The van der Waals surface area contributed by atoms with E-state index >= 15 is 0 Å². The van der Waals surface area contributed by atoms with Gasteiger partial charge >= 0.3 is 0 Å². The van der Waals surface area contributed by atoms with E-state index in [4.69, 9.17) is 0 Å². The van der Waals surface area contributed by atoms with Gasteiger partial charge in [0.15, 0.2) is 0 Å². The van der Waals surface area contributed by atoms with Crippen LogP contribution in [0.25, 0.3) is 5.69 Å². The lowest BCUT2D eigenvalue weighted by atomic mass is 10.1. The van der Waals surface area contributed by atoms with Gasteiger partial charge in [-0.15, -0.1) is 0 Å². The molecule has 0 radical (unpaired) electrons. The lowest BCUT2D eigenvalue weighted by Crippen LogP contribution is -2.03. The van der Waals surface area contributed by atoms with Gasteiger partial charge < -0.3 is 0 Å². The molecular formula is C14H18N2. The fourth-order valence-electron chi connectivity index (χ4n) is 1.90. The maximum absolute atomic E-state index is 4.56. The van der Waals surface area contributed by atoms with Gasteiger partial charge in [-0.25, -0.2) is 4.68 Å². The summed E-state index contributed by atoms with van der Waals surface area (Å²) >= 11 is 0. The third-order valence-electron chi connectivity index (χ3n) is 2.70. The molecule has 0 aliphatic carbocycles. The molecule has 2 aromatic rings. The van der Waals surface area contributed by atoms with Crippen molar-refractivity contribution in [2.24, 2.45) is 0 Å².